The number of aryl methyl sites for hydroxylation is 2. The minimum atomic E-state index is -0.398. The van der Waals surface area contributed by atoms with E-state index in [-0.39, 0.29) is 18.3 Å². The minimum absolute atomic E-state index is 0.202. The second kappa shape index (κ2) is 8.18. The van der Waals surface area contributed by atoms with Crippen molar-refractivity contribution < 1.29 is 9.18 Å². The van der Waals surface area contributed by atoms with E-state index in [1.165, 1.54) is 23.1 Å². The first-order chi connectivity index (χ1) is 12.8. The zero-order valence-corrected chi connectivity index (χ0v) is 17.1. The predicted molar refractivity (Wildman–Crippen MR) is 103 cm³/mol. The number of amides is 1. The summed E-state index contributed by atoms with van der Waals surface area (Å²) >= 11 is 9.48. The van der Waals surface area contributed by atoms with Crippen molar-refractivity contribution >= 4 is 39.4 Å². The Morgan fingerprint density at radius 1 is 1.33 bits per heavy atom. The third-order valence-electron chi connectivity index (χ3n) is 3.98. The third-order valence-corrected chi connectivity index (χ3v) is 5.48. The maximum Gasteiger partial charge on any atom is 0.248 e. The molecule has 0 fully saturated rings. The standard InChI is InChI=1S/C17H17BrClFN6O/c1-10-16(18)11(2)26(23-10)6-5-15(27)22-17-21-9-25(24-17)8-12-3-4-13(20)7-14(12)19/h3-4,7,9H,5-6,8H2,1-2H3,(H,22,24,27). The molecule has 0 saturated carbocycles. The molecule has 10 heteroatoms. The highest BCUT2D eigenvalue weighted by atomic mass is 79.9. The number of hydrogen-bond acceptors (Lipinski definition) is 4. The van der Waals surface area contributed by atoms with Gasteiger partial charge in [0.15, 0.2) is 0 Å². The van der Waals surface area contributed by atoms with Crippen LogP contribution in [0.15, 0.2) is 29.0 Å². The number of aromatic nitrogens is 5. The SMILES string of the molecule is Cc1nn(CCC(=O)Nc2ncn(Cc3ccc(F)cc3Cl)n2)c(C)c1Br. The predicted octanol–water partition coefficient (Wildman–Crippen LogP) is 3.72. The Hall–Kier alpha value is -2.26. The fourth-order valence-electron chi connectivity index (χ4n) is 2.54. The van der Waals surface area contributed by atoms with Gasteiger partial charge in [0.1, 0.15) is 12.1 Å². The number of carbonyl (C=O) groups excluding carboxylic acids is 1. The lowest BCUT2D eigenvalue weighted by atomic mass is 10.2. The molecule has 0 aliphatic rings. The molecule has 0 radical (unpaired) electrons. The van der Waals surface area contributed by atoms with Crippen LogP contribution in [0.25, 0.3) is 0 Å². The van der Waals surface area contributed by atoms with Gasteiger partial charge in [0.2, 0.25) is 11.9 Å². The maximum atomic E-state index is 13.1. The van der Waals surface area contributed by atoms with Crippen LogP contribution in [0.3, 0.4) is 0 Å². The van der Waals surface area contributed by atoms with E-state index < -0.39 is 5.82 Å². The summed E-state index contributed by atoms with van der Waals surface area (Å²) in [5.74, 6) is -0.408. The summed E-state index contributed by atoms with van der Waals surface area (Å²) in [5.41, 5.74) is 2.56. The number of anilines is 1. The van der Waals surface area contributed by atoms with Gasteiger partial charge in [0, 0.05) is 17.1 Å². The van der Waals surface area contributed by atoms with Crippen molar-refractivity contribution in [1.82, 2.24) is 24.5 Å². The summed E-state index contributed by atoms with van der Waals surface area (Å²) in [4.78, 5) is 16.2. The fraction of sp³-hybridized carbons (Fsp3) is 0.294. The lowest BCUT2D eigenvalue weighted by Gasteiger charge is -2.05. The number of nitrogens with one attached hydrogen (secondary N) is 1. The van der Waals surface area contributed by atoms with E-state index in [1.807, 2.05) is 13.8 Å². The van der Waals surface area contributed by atoms with Crippen molar-refractivity contribution in [3.63, 3.8) is 0 Å². The highest BCUT2D eigenvalue weighted by molar-refractivity contribution is 9.10. The molecular formula is C17H17BrClFN6O. The molecule has 142 valence electrons. The number of carbonyl (C=O) groups is 1. The second-order valence-corrected chi connectivity index (χ2v) is 7.21. The molecule has 1 aromatic carbocycles. The summed E-state index contributed by atoms with van der Waals surface area (Å²) in [6.07, 6.45) is 1.72. The number of halogens is 3. The van der Waals surface area contributed by atoms with Gasteiger partial charge in [-0.2, -0.15) is 5.10 Å². The molecule has 3 aromatic rings. The van der Waals surface area contributed by atoms with E-state index >= 15 is 0 Å². The van der Waals surface area contributed by atoms with Crippen LogP contribution in [0.5, 0.6) is 0 Å². The lowest BCUT2D eigenvalue weighted by Crippen LogP contribution is -2.16. The molecule has 7 nitrogen and oxygen atoms in total. The number of nitrogens with zero attached hydrogens (tertiary/aromatic N) is 5. The van der Waals surface area contributed by atoms with Crippen molar-refractivity contribution in [3.8, 4) is 0 Å². The molecule has 2 heterocycles. The van der Waals surface area contributed by atoms with Gasteiger partial charge in [-0.15, -0.1) is 5.10 Å². The van der Waals surface area contributed by atoms with Gasteiger partial charge in [-0.05, 0) is 47.5 Å². The Morgan fingerprint density at radius 2 is 2.11 bits per heavy atom. The zero-order chi connectivity index (χ0) is 19.6. The molecule has 0 unspecified atom stereocenters. The van der Waals surface area contributed by atoms with Gasteiger partial charge in [-0.1, -0.05) is 17.7 Å². The lowest BCUT2D eigenvalue weighted by molar-refractivity contribution is -0.116. The zero-order valence-electron chi connectivity index (χ0n) is 14.7. The average molecular weight is 456 g/mol. The first kappa shape index (κ1) is 19.5. The van der Waals surface area contributed by atoms with Crippen molar-refractivity contribution in [1.29, 1.82) is 0 Å². The van der Waals surface area contributed by atoms with Crippen LogP contribution in [-0.2, 0) is 17.9 Å². The van der Waals surface area contributed by atoms with Crippen molar-refractivity contribution in [3.05, 3.63) is 56.8 Å². The largest absolute Gasteiger partial charge is 0.293 e. The summed E-state index contributed by atoms with van der Waals surface area (Å²) < 4.78 is 17.3. The van der Waals surface area contributed by atoms with E-state index in [9.17, 15) is 9.18 Å². The second-order valence-electron chi connectivity index (χ2n) is 6.01. The van der Waals surface area contributed by atoms with Crippen LogP contribution >= 0.6 is 27.5 Å². The van der Waals surface area contributed by atoms with Crippen molar-refractivity contribution in [2.45, 2.75) is 33.4 Å². The van der Waals surface area contributed by atoms with Crippen molar-refractivity contribution in [2.24, 2.45) is 0 Å². The molecule has 0 saturated heterocycles. The molecule has 1 amide bonds. The van der Waals surface area contributed by atoms with Gasteiger partial charge in [0.05, 0.1) is 23.3 Å². The smallest absolute Gasteiger partial charge is 0.248 e. The van der Waals surface area contributed by atoms with Gasteiger partial charge < -0.3 is 0 Å². The quantitative estimate of drug-likeness (QED) is 0.614. The maximum absolute atomic E-state index is 13.1. The molecule has 1 N–H and O–H groups in total. The van der Waals surface area contributed by atoms with E-state index in [0.717, 1.165) is 15.9 Å². The van der Waals surface area contributed by atoms with Crippen LogP contribution in [0.2, 0.25) is 5.02 Å². The highest BCUT2D eigenvalue weighted by Gasteiger charge is 2.12. The van der Waals surface area contributed by atoms with Gasteiger partial charge in [-0.3, -0.25) is 14.8 Å². The first-order valence-corrected chi connectivity index (χ1v) is 9.33. The van der Waals surface area contributed by atoms with Crippen LogP contribution < -0.4 is 5.32 Å². The van der Waals surface area contributed by atoms with Crippen LogP contribution in [0.1, 0.15) is 23.4 Å². The van der Waals surface area contributed by atoms with E-state index in [4.69, 9.17) is 11.6 Å². The van der Waals surface area contributed by atoms with Crippen LogP contribution in [0.4, 0.5) is 10.3 Å². The van der Waals surface area contributed by atoms with Gasteiger partial charge >= 0.3 is 0 Å². The third kappa shape index (κ3) is 4.72. The summed E-state index contributed by atoms with van der Waals surface area (Å²) in [6, 6.07) is 4.16. The molecule has 3 rings (SSSR count). The molecule has 0 spiro atoms. The average Bonchev–Trinajstić information content (AvgIpc) is 3.15. The van der Waals surface area contributed by atoms with Crippen molar-refractivity contribution in [2.75, 3.05) is 5.32 Å². The highest BCUT2D eigenvalue weighted by Crippen LogP contribution is 2.20. The molecular weight excluding hydrogens is 439 g/mol. The molecule has 0 bridgehead atoms. The normalized spacial score (nSPS) is 11.0. The number of benzene rings is 1. The molecule has 0 atom stereocenters. The van der Waals surface area contributed by atoms with E-state index in [0.29, 0.717) is 23.7 Å². The van der Waals surface area contributed by atoms with E-state index in [1.54, 1.807) is 10.7 Å². The monoisotopic (exact) mass is 454 g/mol. The Balaban J connectivity index is 1.56. The number of hydrogen-bond donors (Lipinski definition) is 1. The molecule has 2 aromatic heterocycles. The Labute approximate surface area is 168 Å². The van der Waals surface area contributed by atoms with E-state index in [2.05, 4.69) is 36.4 Å². The number of rotatable bonds is 6. The summed E-state index contributed by atoms with van der Waals surface area (Å²) in [5, 5.41) is 11.5. The molecule has 27 heavy (non-hydrogen) atoms. The Bertz CT molecular complexity index is 986. The summed E-state index contributed by atoms with van der Waals surface area (Å²) in [7, 11) is 0. The Morgan fingerprint density at radius 3 is 2.78 bits per heavy atom. The summed E-state index contributed by atoms with van der Waals surface area (Å²) in [6.45, 7) is 4.61. The molecule has 0 aliphatic carbocycles. The van der Waals surface area contributed by atoms with Crippen LogP contribution in [0, 0.1) is 19.7 Å². The Kier molecular flexibility index (Phi) is 5.91. The topological polar surface area (TPSA) is 77.6 Å². The minimum Gasteiger partial charge on any atom is -0.293 e. The first-order valence-electron chi connectivity index (χ1n) is 8.16. The fourth-order valence-corrected chi connectivity index (χ4v) is 3.05. The van der Waals surface area contributed by atoms with Gasteiger partial charge in [-0.25, -0.2) is 14.1 Å². The van der Waals surface area contributed by atoms with Gasteiger partial charge in [0.25, 0.3) is 0 Å². The molecule has 0 aliphatic heterocycles. The van der Waals surface area contributed by atoms with Crippen LogP contribution in [-0.4, -0.2) is 30.5 Å².